The predicted molar refractivity (Wildman–Crippen MR) is 130 cm³/mol. The van der Waals surface area contributed by atoms with Gasteiger partial charge in [0.1, 0.15) is 12.3 Å². The van der Waals surface area contributed by atoms with Crippen LogP contribution in [0.15, 0.2) is 72.9 Å². The highest BCUT2D eigenvalue weighted by atomic mass is 16.5. The van der Waals surface area contributed by atoms with E-state index >= 15 is 0 Å². The van der Waals surface area contributed by atoms with Crippen molar-refractivity contribution in [3.8, 4) is 5.75 Å². The van der Waals surface area contributed by atoms with E-state index in [1.807, 2.05) is 80.2 Å². The fourth-order valence-electron chi connectivity index (χ4n) is 3.52. The highest BCUT2D eigenvalue weighted by Gasteiger charge is 2.24. The fourth-order valence-corrected chi connectivity index (χ4v) is 3.52. The molecule has 174 valence electrons. The molecule has 3 amide bonds. The van der Waals surface area contributed by atoms with Crippen LogP contribution in [0.5, 0.6) is 5.75 Å². The van der Waals surface area contributed by atoms with Gasteiger partial charge in [0.25, 0.3) is 0 Å². The van der Waals surface area contributed by atoms with Crippen LogP contribution in [0.2, 0.25) is 0 Å². The number of carbonyl (C=O) groups is 2. The first-order valence-electron chi connectivity index (χ1n) is 11.0. The third-order valence-electron chi connectivity index (χ3n) is 5.48. The van der Waals surface area contributed by atoms with E-state index in [0.717, 1.165) is 11.3 Å². The quantitative estimate of drug-likeness (QED) is 0.524. The van der Waals surface area contributed by atoms with Gasteiger partial charge in [0.15, 0.2) is 0 Å². The molecule has 0 saturated heterocycles. The Morgan fingerprint density at radius 3 is 2.39 bits per heavy atom. The van der Waals surface area contributed by atoms with E-state index in [9.17, 15) is 9.59 Å². The Morgan fingerprint density at radius 1 is 1.00 bits per heavy atom. The lowest BCUT2D eigenvalue weighted by molar-refractivity contribution is -0.133. The molecule has 0 bridgehead atoms. The molecule has 33 heavy (non-hydrogen) atoms. The highest BCUT2D eigenvalue weighted by molar-refractivity contribution is 5.92. The number of nitrogens with one attached hydrogen (secondary N) is 1. The number of ether oxygens (including phenoxy) is 1. The third-order valence-corrected chi connectivity index (χ3v) is 5.48. The summed E-state index contributed by atoms with van der Waals surface area (Å²) in [7, 11) is 3.54. The Balaban J connectivity index is 1.76. The van der Waals surface area contributed by atoms with E-state index in [1.165, 1.54) is 0 Å². The molecule has 3 aromatic rings. The van der Waals surface area contributed by atoms with Crippen molar-refractivity contribution in [2.45, 2.75) is 33.0 Å². The summed E-state index contributed by atoms with van der Waals surface area (Å²) < 4.78 is 7.23. The lowest BCUT2D eigenvalue weighted by Gasteiger charge is -2.30. The minimum absolute atomic E-state index is 0.0231. The number of benzene rings is 2. The number of hydrogen-bond acceptors (Lipinski definition) is 3. The first kappa shape index (κ1) is 23.9. The van der Waals surface area contributed by atoms with Crippen LogP contribution in [0.25, 0.3) is 0 Å². The summed E-state index contributed by atoms with van der Waals surface area (Å²) in [5.41, 5.74) is 2.68. The van der Waals surface area contributed by atoms with Gasteiger partial charge in [0.2, 0.25) is 5.91 Å². The molecule has 0 spiro atoms. The zero-order valence-electron chi connectivity index (χ0n) is 19.7. The maximum atomic E-state index is 13.4. The van der Waals surface area contributed by atoms with E-state index in [-0.39, 0.29) is 24.5 Å². The number of anilines is 1. The Hall–Kier alpha value is -3.74. The molecular formula is C26H32N4O3. The third kappa shape index (κ3) is 6.62. The predicted octanol–water partition coefficient (Wildman–Crippen LogP) is 4.51. The van der Waals surface area contributed by atoms with Crippen LogP contribution >= 0.6 is 0 Å². The van der Waals surface area contributed by atoms with Gasteiger partial charge < -0.3 is 24.4 Å². The summed E-state index contributed by atoms with van der Waals surface area (Å²) in [5, 5.41) is 2.88. The molecule has 0 fully saturated rings. The van der Waals surface area contributed by atoms with E-state index < -0.39 is 0 Å². The zero-order chi connectivity index (χ0) is 23.8. The number of amides is 3. The molecule has 0 aliphatic carbocycles. The van der Waals surface area contributed by atoms with Crippen molar-refractivity contribution in [2.24, 2.45) is 7.05 Å². The van der Waals surface area contributed by atoms with Crippen LogP contribution in [-0.2, 0) is 24.9 Å². The topological polar surface area (TPSA) is 66.8 Å². The molecule has 7 heteroatoms. The zero-order valence-corrected chi connectivity index (χ0v) is 19.7. The summed E-state index contributed by atoms with van der Waals surface area (Å²) in [4.78, 5) is 29.8. The second-order valence-electron chi connectivity index (χ2n) is 8.23. The average Bonchev–Trinajstić information content (AvgIpc) is 3.21. The average molecular weight is 449 g/mol. The van der Waals surface area contributed by atoms with Crippen LogP contribution in [-0.4, -0.2) is 46.0 Å². The standard InChI is InChI=1S/C26H32N4O3/c1-20(2)30(26(32)27-22-12-8-14-24(16-22)33-4)19-25(31)29(17-21-10-6-5-7-11-21)18-23-13-9-15-28(23)3/h5-16,20H,17-19H2,1-4H3,(H,27,32). The number of nitrogens with zero attached hydrogens (tertiary/aromatic N) is 3. The summed E-state index contributed by atoms with van der Waals surface area (Å²) in [6.07, 6.45) is 1.96. The Morgan fingerprint density at radius 2 is 1.76 bits per heavy atom. The van der Waals surface area contributed by atoms with Crippen molar-refractivity contribution >= 4 is 17.6 Å². The largest absolute Gasteiger partial charge is 0.497 e. The molecule has 7 nitrogen and oxygen atoms in total. The van der Waals surface area contributed by atoms with E-state index in [2.05, 4.69) is 5.32 Å². The number of carbonyl (C=O) groups excluding carboxylic acids is 2. The van der Waals surface area contributed by atoms with Gasteiger partial charge in [-0.05, 0) is 43.7 Å². The number of aromatic nitrogens is 1. The van der Waals surface area contributed by atoms with Crippen LogP contribution in [0, 0.1) is 0 Å². The highest BCUT2D eigenvalue weighted by Crippen LogP contribution is 2.18. The molecule has 3 rings (SSSR count). The number of hydrogen-bond donors (Lipinski definition) is 1. The second kappa shape index (κ2) is 11.2. The van der Waals surface area contributed by atoms with Crippen molar-refractivity contribution in [1.29, 1.82) is 0 Å². The van der Waals surface area contributed by atoms with Crippen LogP contribution in [0.4, 0.5) is 10.5 Å². The molecule has 0 unspecified atom stereocenters. The van der Waals surface area contributed by atoms with Gasteiger partial charge in [-0.15, -0.1) is 0 Å². The number of rotatable bonds is 9. The van der Waals surface area contributed by atoms with Gasteiger partial charge in [-0.2, -0.15) is 0 Å². The van der Waals surface area contributed by atoms with Gasteiger partial charge in [0, 0.05) is 43.3 Å². The summed E-state index contributed by atoms with van der Waals surface area (Å²) in [6.45, 7) is 4.70. The van der Waals surface area contributed by atoms with Gasteiger partial charge in [-0.1, -0.05) is 36.4 Å². The van der Waals surface area contributed by atoms with E-state index in [4.69, 9.17) is 4.74 Å². The Labute approximate surface area is 195 Å². The molecule has 0 radical (unpaired) electrons. The van der Waals surface area contributed by atoms with Crippen molar-refractivity contribution < 1.29 is 14.3 Å². The second-order valence-corrected chi connectivity index (χ2v) is 8.23. The van der Waals surface area contributed by atoms with Gasteiger partial charge in [-0.3, -0.25) is 4.79 Å². The van der Waals surface area contributed by atoms with Crippen LogP contribution in [0.3, 0.4) is 0 Å². The first-order chi connectivity index (χ1) is 15.9. The van der Waals surface area contributed by atoms with Crippen molar-refractivity contribution in [1.82, 2.24) is 14.4 Å². The molecular weight excluding hydrogens is 416 g/mol. The molecule has 1 heterocycles. The maximum absolute atomic E-state index is 13.4. The van der Waals surface area contributed by atoms with Crippen LogP contribution in [0.1, 0.15) is 25.1 Å². The number of urea groups is 1. The lowest BCUT2D eigenvalue weighted by Crippen LogP contribution is -2.47. The SMILES string of the molecule is COc1cccc(NC(=O)N(CC(=O)N(Cc2ccccc2)Cc2cccn2C)C(C)C)c1. The molecule has 1 aromatic heterocycles. The molecule has 2 aromatic carbocycles. The maximum Gasteiger partial charge on any atom is 0.322 e. The van der Waals surface area contributed by atoms with Gasteiger partial charge in [-0.25, -0.2) is 4.79 Å². The normalized spacial score (nSPS) is 10.7. The fraction of sp³-hybridized carbons (Fsp3) is 0.308. The lowest BCUT2D eigenvalue weighted by atomic mass is 10.2. The van der Waals surface area contributed by atoms with Crippen molar-refractivity contribution in [3.63, 3.8) is 0 Å². The Kier molecular flexibility index (Phi) is 8.13. The minimum atomic E-state index is -0.329. The van der Waals surface area contributed by atoms with Crippen molar-refractivity contribution in [3.05, 3.63) is 84.2 Å². The van der Waals surface area contributed by atoms with E-state index in [0.29, 0.717) is 24.5 Å². The number of methoxy groups -OCH3 is 1. The van der Waals surface area contributed by atoms with Crippen LogP contribution < -0.4 is 10.1 Å². The Bertz CT molecular complexity index is 1060. The molecule has 0 atom stereocenters. The van der Waals surface area contributed by atoms with Gasteiger partial charge in [0.05, 0.1) is 13.7 Å². The number of aryl methyl sites for hydroxylation is 1. The molecule has 1 N–H and O–H groups in total. The molecule has 0 aliphatic rings. The summed E-state index contributed by atoms with van der Waals surface area (Å²) in [6, 6.07) is 20.5. The first-order valence-corrected chi connectivity index (χ1v) is 11.0. The van der Waals surface area contributed by atoms with E-state index in [1.54, 1.807) is 35.1 Å². The summed E-state index contributed by atoms with van der Waals surface area (Å²) >= 11 is 0. The smallest absolute Gasteiger partial charge is 0.322 e. The molecule has 0 saturated carbocycles. The minimum Gasteiger partial charge on any atom is -0.497 e. The monoisotopic (exact) mass is 448 g/mol. The summed E-state index contributed by atoms with van der Waals surface area (Å²) in [5.74, 6) is 0.533. The van der Waals surface area contributed by atoms with Crippen molar-refractivity contribution in [2.75, 3.05) is 19.0 Å². The molecule has 0 aliphatic heterocycles. The van der Waals surface area contributed by atoms with Gasteiger partial charge >= 0.3 is 6.03 Å².